The molecule has 1 amide bonds. The second-order valence-corrected chi connectivity index (χ2v) is 6.90. The number of hydrogen-bond donors (Lipinski definition) is 0. The predicted octanol–water partition coefficient (Wildman–Crippen LogP) is 3.26. The van der Waals surface area contributed by atoms with Gasteiger partial charge in [0.1, 0.15) is 5.75 Å². The molecule has 0 heterocycles. The highest BCUT2D eigenvalue weighted by molar-refractivity contribution is 5.79. The fraction of sp³-hybridized carbons (Fsp3) is 0.600. The summed E-state index contributed by atoms with van der Waals surface area (Å²) in [6, 6.07) is 6.03. The first-order chi connectivity index (χ1) is 11.9. The van der Waals surface area contributed by atoms with Gasteiger partial charge in [-0.1, -0.05) is 31.9 Å². The van der Waals surface area contributed by atoms with E-state index in [0.717, 1.165) is 42.6 Å². The van der Waals surface area contributed by atoms with Crippen LogP contribution < -0.4 is 4.74 Å². The molecule has 1 saturated carbocycles. The minimum atomic E-state index is -0.338. The molecule has 0 radical (unpaired) electrons. The Morgan fingerprint density at radius 2 is 1.92 bits per heavy atom. The Balaban J connectivity index is 2.04. The summed E-state index contributed by atoms with van der Waals surface area (Å²) in [6.45, 7) is 6.18. The number of benzene rings is 1. The molecule has 0 aliphatic heterocycles. The summed E-state index contributed by atoms with van der Waals surface area (Å²) in [5.41, 5.74) is 2.18. The van der Waals surface area contributed by atoms with Crippen LogP contribution in [0.1, 0.15) is 43.7 Å². The minimum absolute atomic E-state index is 0.00527. The molecule has 5 heteroatoms. The van der Waals surface area contributed by atoms with E-state index in [1.54, 1.807) is 6.92 Å². The zero-order valence-corrected chi connectivity index (χ0v) is 15.7. The van der Waals surface area contributed by atoms with Crippen molar-refractivity contribution < 1.29 is 19.1 Å². The normalized spacial score (nSPS) is 15.7. The predicted molar refractivity (Wildman–Crippen MR) is 96.6 cm³/mol. The van der Waals surface area contributed by atoms with Gasteiger partial charge < -0.3 is 14.4 Å². The van der Waals surface area contributed by atoms with E-state index in [0.29, 0.717) is 6.54 Å². The molecule has 1 aromatic rings. The van der Waals surface area contributed by atoms with Gasteiger partial charge in [0.05, 0.1) is 13.0 Å². The highest BCUT2D eigenvalue weighted by Gasteiger charge is 2.30. The number of carbonyl (C=O) groups is 2. The second kappa shape index (κ2) is 8.88. The van der Waals surface area contributed by atoms with Crippen molar-refractivity contribution in [1.82, 2.24) is 4.90 Å². The van der Waals surface area contributed by atoms with Crippen molar-refractivity contribution in [3.05, 3.63) is 29.3 Å². The number of carbonyl (C=O) groups excluding carboxylic acids is 2. The zero-order valence-electron chi connectivity index (χ0n) is 15.7. The number of nitrogens with zero attached hydrogens (tertiary/aromatic N) is 1. The number of aryl methyl sites for hydroxylation is 1. The molecule has 1 aliphatic rings. The van der Waals surface area contributed by atoms with E-state index in [2.05, 4.69) is 0 Å². The van der Waals surface area contributed by atoms with Gasteiger partial charge in [0.25, 0.3) is 5.91 Å². The van der Waals surface area contributed by atoms with Crippen molar-refractivity contribution in [2.75, 3.05) is 20.3 Å². The Hall–Kier alpha value is -2.04. The highest BCUT2D eigenvalue weighted by Crippen LogP contribution is 2.25. The van der Waals surface area contributed by atoms with Gasteiger partial charge in [0, 0.05) is 12.6 Å². The number of methoxy groups -OCH3 is 1. The van der Waals surface area contributed by atoms with Gasteiger partial charge in [-0.05, 0) is 43.9 Å². The standard InChI is InChI=1S/C20H29NO4/c1-14-8-7-11-18(16(14)3)25-13-19(22)21(17-9-5-6-10-17)12-15(2)20(23)24-4/h7-8,11,15,17H,5-6,9-10,12-13H2,1-4H3. The van der Waals surface area contributed by atoms with Gasteiger partial charge in [0.2, 0.25) is 0 Å². The average molecular weight is 347 g/mol. The Kier molecular flexibility index (Phi) is 6.85. The van der Waals surface area contributed by atoms with Crippen LogP contribution in [0.2, 0.25) is 0 Å². The van der Waals surface area contributed by atoms with Gasteiger partial charge in [-0.25, -0.2) is 0 Å². The smallest absolute Gasteiger partial charge is 0.310 e. The lowest BCUT2D eigenvalue weighted by atomic mass is 10.1. The van der Waals surface area contributed by atoms with E-state index in [9.17, 15) is 9.59 Å². The molecule has 1 fully saturated rings. The first-order valence-electron chi connectivity index (χ1n) is 9.00. The summed E-state index contributed by atoms with van der Waals surface area (Å²) in [5.74, 6) is 0.0470. The molecule has 0 aromatic heterocycles. The topological polar surface area (TPSA) is 55.8 Å². The lowest BCUT2D eigenvalue weighted by Crippen LogP contribution is -2.45. The molecule has 2 rings (SSSR count). The van der Waals surface area contributed by atoms with Crippen LogP contribution in [-0.4, -0.2) is 43.1 Å². The minimum Gasteiger partial charge on any atom is -0.483 e. The Morgan fingerprint density at radius 1 is 1.24 bits per heavy atom. The van der Waals surface area contributed by atoms with Crippen LogP contribution in [0.3, 0.4) is 0 Å². The van der Waals surface area contributed by atoms with Crippen molar-refractivity contribution in [2.24, 2.45) is 5.92 Å². The van der Waals surface area contributed by atoms with Crippen molar-refractivity contribution >= 4 is 11.9 Å². The summed E-state index contributed by atoms with van der Waals surface area (Å²) < 4.78 is 10.6. The Labute approximate surface area is 150 Å². The number of ether oxygens (including phenoxy) is 2. The molecule has 0 bridgehead atoms. The number of rotatable bonds is 7. The van der Waals surface area contributed by atoms with E-state index in [1.807, 2.05) is 36.9 Å². The van der Waals surface area contributed by atoms with Crippen LogP contribution >= 0.6 is 0 Å². The molecule has 138 valence electrons. The fourth-order valence-electron chi connectivity index (χ4n) is 3.34. The summed E-state index contributed by atoms with van der Waals surface area (Å²) in [6.07, 6.45) is 4.23. The highest BCUT2D eigenvalue weighted by atomic mass is 16.5. The van der Waals surface area contributed by atoms with Gasteiger partial charge >= 0.3 is 5.97 Å². The molecule has 25 heavy (non-hydrogen) atoms. The summed E-state index contributed by atoms with van der Waals surface area (Å²) in [5, 5.41) is 0. The zero-order chi connectivity index (χ0) is 18.4. The van der Waals surface area contributed by atoms with E-state index in [1.165, 1.54) is 7.11 Å². The lowest BCUT2D eigenvalue weighted by molar-refractivity contribution is -0.147. The van der Waals surface area contributed by atoms with Crippen LogP contribution in [0.5, 0.6) is 5.75 Å². The maximum Gasteiger partial charge on any atom is 0.310 e. The first-order valence-corrected chi connectivity index (χ1v) is 9.00. The van der Waals surface area contributed by atoms with Crippen molar-refractivity contribution in [1.29, 1.82) is 0 Å². The Morgan fingerprint density at radius 3 is 2.56 bits per heavy atom. The number of hydrogen-bond acceptors (Lipinski definition) is 4. The third kappa shape index (κ3) is 4.97. The summed E-state index contributed by atoms with van der Waals surface area (Å²) in [7, 11) is 1.38. The van der Waals surface area contributed by atoms with E-state index >= 15 is 0 Å². The summed E-state index contributed by atoms with van der Waals surface area (Å²) in [4.78, 5) is 26.4. The SMILES string of the molecule is COC(=O)C(C)CN(C(=O)COc1cccc(C)c1C)C1CCCC1. The van der Waals surface area contributed by atoms with Crippen LogP contribution in [0.4, 0.5) is 0 Å². The Bertz CT molecular complexity index is 608. The monoisotopic (exact) mass is 347 g/mol. The largest absolute Gasteiger partial charge is 0.483 e. The van der Waals surface area contributed by atoms with Gasteiger partial charge in [0.15, 0.2) is 6.61 Å². The number of amides is 1. The van der Waals surface area contributed by atoms with Crippen LogP contribution in [0, 0.1) is 19.8 Å². The third-order valence-electron chi connectivity index (χ3n) is 5.07. The molecule has 1 unspecified atom stereocenters. The van der Waals surface area contributed by atoms with Gasteiger partial charge in [-0.3, -0.25) is 9.59 Å². The molecule has 1 aromatic carbocycles. The van der Waals surface area contributed by atoms with Gasteiger partial charge in [-0.2, -0.15) is 0 Å². The molecule has 1 atom stereocenters. The van der Waals surface area contributed by atoms with Crippen LogP contribution in [-0.2, 0) is 14.3 Å². The third-order valence-corrected chi connectivity index (χ3v) is 5.07. The van der Waals surface area contributed by atoms with Crippen LogP contribution in [0.15, 0.2) is 18.2 Å². The van der Waals surface area contributed by atoms with Crippen LogP contribution in [0.25, 0.3) is 0 Å². The van der Waals surface area contributed by atoms with Crippen molar-refractivity contribution in [2.45, 2.75) is 52.5 Å². The molecule has 0 spiro atoms. The van der Waals surface area contributed by atoms with E-state index < -0.39 is 0 Å². The lowest BCUT2D eigenvalue weighted by Gasteiger charge is -2.31. The van der Waals surface area contributed by atoms with Crippen molar-refractivity contribution in [3.63, 3.8) is 0 Å². The first kappa shape index (κ1) is 19.3. The molecule has 1 aliphatic carbocycles. The van der Waals surface area contributed by atoms with Crippen molar-refractivity contribution in [3.8, 4) is 5.75 Å². The number of esters is 1. The molecule has 0 N–H and O–H groups in total. The van der Waals surface area contributed by atoms with Gasteiger partial charge in [-0.15, -0.1) is 0 Å². The second-order valence-electron chi connectivity index (χ2n) is 6.90. The maximum absolute atomic E-state index is 12.8. The maximum atomic E-state index is 12.8. The average Bonchev–Trinajstić information content (AvgIpc) is 3.13. The molecular formula is C20H29NO4. The fourth-order valence-corrected chi connectivity index (χ4v) is 3.34. The molecule has 5 nitrogen and oxygen atoms in total. The quantitative estimate of drug-likeness (QED) is 0.711. The molecule has 0 saturated heterocycles. The molecular weight excluding hydrogens is 318 g/mol. The summed E-state index contributed by atoms with van der Waals surface area (Å²) >= 11 is 0. The van der Waals surface area contributed by atoms with E-state index in [4.69, 9.17) is 9.47 Å². The van der Waals surface area contributed by atoms with E-state index in [-0.39, 0.29) is 30.4 Å².